The van der Waals surface area contributed by atoms with E-state index in [1.807, 2.05) is 0 Å². The van der Waals surface area contributed by atoms with Crippen LogP contribution in [0.15, 0.2) is 0 Å². The number of amides is 1. The number of carbonyl (C=O) groups excluding carboxylic acids is 1. The molecule has 1 aromatic heterocycles. The summed E-state index contributed by atoms with van der Waals surface area (Å²) >= 11 is 1.49. The van der Waals surface area contributed by atoms with E-state index in [1.54, 1.807) is 0 Å². The third-order valence-corrected chi connectivity index (χ3v) is 5.61. The van der Waals surface area contributed by atoms with Crippen LogP contribution in [-0.4, -0.2) is 53.7 Å². The Hall–Kier alpha value is -1.21. The summed E-state index contributed by atoms with van der Waals surface area (Å²) in [4.78, 5) is 16.9. The lowest BCUT2D eigenvalue weighted by atomic mass is 9.89. The van der Waals surface area contributed by atoms with E-state index in [-0.39, 0.29) is 11.8 Å². The van der Waals surface area contributed by atoms with Gasteiger partial charge in [-0.3, -0.25) is 4.79 Å². The Bertz CT molecular complexity index is 492. The first kappa shape index (κ1) is 15.7. The van der Waals surface area contributed by atoms with Crippen molar-refractivity contribution in [2.75, 3.05) is 42.9 Å². The van der Waals surface area contributed by atoms with E-state index in [1.165, 1.54) is 30.6 Å². The van der Waals surface area contributed by atoms with Gasteiger partial charge in [0.2, 0.25) is 16.2 Å². The average molecular weight is 323 g/mol. The lowest BCUT2D eigenvalue weighted by Gasteiger charge is -2.33. The van der Waals surface area contributed by atoms with Crippen molar-refractivity contribution < 1.29 is 4.79 Å². The van der Waals surface area contributed by atoms with Crippen molar-refractivity contribution in [3.63, 3.8) is 0 Å². The summed E-state index contributed by atoms with van der Waals surface area (Å²) in [5.74, 6) is 0.285. The average Bonchev–Trinajstić information content (AvgIpc) is 3.04. The summed E-state index contributed by atoms with van der Waals surface area (Å²) < 4.78 is 0. The first-order valence-corrected chi connectivity index (χ1v) is 9.19. The maximum atomic E-state index is 12.2. The highest BCUT2D eigenvalue weighted by Gasteiger charge is 2.23. The highest BCUT2D eigenvalue weighted by Crippen LogP contribution is 2.28. The molecule has 2 aliphatic rings. The molecular formula is C15H25N5OS. The lowest BCUT2D eigenvalue weighted by molar-refractivity contribution is -0.120. The Morgan fingerprint density at radius 3 is 2.59 bits per heavy atom. The molecule has 122 valence electrons. The number of hydrogen-bond donors (Lipinski definition) is 1. The maximum Gasteiger partial charge on any atom is 0.229 e. The fourth-order valence-corrected chi connectivity index (χ4v) is 4.02. The van der Waals surface area contributed by atoms with Crippen LogP contribution < -0.4 is 10.2 Å². The van der Waals surface area contributed by atoms with Crippen LogP contribution in [-0.2, 0) is 4.79 Å². The number of rotatable bonds is 4. The zero-order valence-electron chi connectivity index (χ0n) is 13.3. The molecular weight excluding hydrogens is 298 g/mol. The molecule has 2 heterocycles. The number of anilines is 2. The highest BCUT2D eigenvalue weighted by atomic mass is 32.1. The van der Waals surface area contributed by atoms with Crippen LogP contribution in [0.4, 0.5) is 10.3 Å². The molecule has 1 aromatic rings. The van der Waals surface area contributed by atoms with Crippen LogP contribution in [0, 0.1) is 5.92 Å². The summed E-state index contributed by atoms with van der Waals surface area (Å²) in [6.45, 7) is 7.41. The van der Waals surface area contributed by atoms with Gasteiger partial charge in [0.25, 0.3) is 0 Å². The smallest absolute Gasteiger partial charge is 0.229 e. The van der Waals surface area contributed by atoms with E-state index >= 15 is 0 Å². The quantitative estimate of drug-likeness (QED) is 0.920. The van der Waals surface area contributed by atoms with Crippen molar-refractivity contribution in [1.29, 1.82) is 0 Å². The number of piperazine rings is 1. The van der Waals surface area contributed by atoms with Gasteiger partial charge in [-0.05, 0) is 19.4 Å². The summed E-state index contributed by atoms with van der Waals surface area (Å²) in [6, 6.07) is 0. The van der Waals surface area contributed by atoms with Crippen LogP contribution in [0.2, 0.25) is 0 Å². The monoisotopic (exact) mass is 323 g/mol. The van der Waals surface area contributed by atoms with Crippen LogP contribution in [0.25, 0.3) is 0 Å². The van der Waals surface area contributed by atoms with Gasteiger partial charge in [0.05, 0.1) is 0 Å². The third-order valence-electron chi connectivity index (χ3n) is 4.71. The number of nitrogens with zero attached hydrogens (tertiary/aromatic N) is 4. The van der Waals surface area contributed by atoms with Crippen molar-refractivity contribution in [2.24, 2.45) is 5.92 Å². The van der Waals surface area contributed by atoms with Crippen LogP contribution in [0.3, 0.4) is 0 Å². The zero-order valence-corrected chi connectivity index (χ0v) is 14.1. The molecule has 2 fully saturated rings. The molecule has 0 bridgehead atoms. The third kappa shape index (κ3) is 3.76. The van der Waals surface area contributed by atoms with Crippen molar-refractivity contribution in [1.82, 2.24) is 15.1 Å². The van der Waals surface area contributed by atoms with Crippen molar-refractivity contribution >= 4 is 27.5 Å². The molecule has 0 spiro atoms. The van der Waals surface area contributed by atoms with E-state index in [9.17, 15) is 4.79 Å². The second-order valence-corrected chi connectivity index (χ2v) is 7.09. The molecule has 0 unspecified atom stereocenters. The maximum absolute atomic E-state index is 12.2. The first-order chi connectivity index (χ1) is 10.8. The summed E-state index contributed by atoms with van der Waals surface area (Å²) in [6.07, 6.45) is 5.62. The second kappa shape index (κ2) is 7.37. The fraction of sp³-hybridized carbons (Fsp3) is 0.800. The molecule has 1 aliphatic heterocycles. The second-order valence-electron chi connectivity index (χ2n) is 6.14. The molecule has 22 heavy (non-hydrogen) atoms. The topological polar surface area (TPSA) is 61.4 Å². The fourth-order valence-electron chi connectivity index (χ4n) is 3.22. The van der Waals surface area contributed by atoms with E-state index in [2.05, 4.69) is 32.2 Å². The van der Waals surface area contributed by atoms with Gasteiger partial charge in [-0.2, -0.15) is 0 Å². The van der Waals surface area contributed by atoms with Crippen LogP contribution in [0.5, 0.6) is 0 Å². The van der Waals surface area contributed by atoms with E-state index in [0.717, 1.165) is 50.7 Å². The minimum absolute atomic E-state index is 0.123. The number of aromatic nitrogens is 2. The van der Waals surface area contributed by atoms with E-state index in [0.29, 0.717) is 5.13 Å². The molecule has 1 saturated heterocycles. The minimum Gasteiger partial charge on any atom is -0.344 e. The Balaban J connectivity index is 1.53. The Morgan fingerprint density at radius 2 is 1.91 bits per heavy atom. The number of hydrogen-bond acceptors (Lipinski definition) is 6. The molecule has 0 atom stereocenters. The highest BCUT2D eigenvalue weighted by molar-refractivity contribution is 7.19. The first-order valence-electron chi connectivity index (χ1n) is 8.38. The molecule has 1 amide bonds. The van der Waals surface area contributed by atoms with Gasteiger partial charge in [-0.25, -0.2) is 0 Å². The van der Waals surface area contributed by atoms with E-state index in [4.69, 9.17) is 0 Å². The van der Waals surface area contributed by atoms with Crippen LogP contribution >= 0.6 is 11.3 Å². The zero-order chi connectivity index (χ0) is 15.4. The summed E-state index contributed by atoms with van der Waals surface area (Å²) in [5, 5.41) is 12.9. The van der Waals surface area contributed by atoms with Gasteiger partial charge in [-0.1, -0.05) is 37.5 Å². The largest absolute Gasteiger partial charge is 0.344 e. The van der Waals surface area contributed by atoms with Gasteiger partial charge < -0.3 is 15.1 Å². The lowest BCUT2D eigenvalue weighted by Crippen LogP contribution is -2.46. The van der Waals surface area contributed by atoms with Gasteiger partial charge in [0, 0.05) is 32.1 Å². The summed E-state index contributed by atoms with van der Waals surface area (Å²) in [7, 11) is 0. The summed E-state index contributed by atoms with van der Waals surface area (Å²) in [5.41, 5.74) is 0. The standard InChI is InChI=1S/C15H25N5OS/c1-2-19-8-10-20(11-9-19)15-18-17-14(22-15)16-13(21)12-6-4-3-5-7-12/h12H,2-11H2,1H3,(H,16,17,21). The van der Waals surface area contributed by atoms with Crippen LogP contribution in [0.1, 0.15) is 39.0 Å². The number of nitrogens with one attached hydrogen (secondary N) is 1. The van der Waals surface area contributed by atoms with Gasteiger partial charge in [0.15, 0.2) is 0 Å². The van der Waals surface area contributed by atoms with Gasteiger partial charge in [0.1, 0.15) is 0 Å². The molecule has 0 aromatic carbocycles. The predicted molar refractivity (Wildman–Crippen MR) is 89.4 cm³/mol. The predicted octanol–water partition coefficient (Wildman–Crippen LogP) is 2.20. The minimum atomic E-state index is 0.123. The molecule has 1 N–H and O–H groups in total. The van der Waals surface area contributed by atoms with E-state index < -0.39 is 0 Å². The van der Waals surface area contributed by atoms with Gasteiger partial charge in [-0.15, -0.1) is 10.2 Å². The molecule has 7 heteroatoms. The normalized spacial score (nSPS) is 21.0. The molecule has 1 saturated carbocycles. The number of likely N-dealkylation sites (N-methyl/N-ethyl adjacent to an activating group) is 1. The molecule has 3 rings (SSSR count). The van der Waals surface area contributed by atoms with Gasteiger partial charge >= 0.3 is 0 Å². The van der Waals surface area contributed by atoms with Crippen molar-refractivity contribution in [3.05, 3.63) is 0 Å². The Labute approximate surface area is 135 Å². The SMILES string of the molecule is CCN1CCN(c2nnc(NC(=O)C3CCCCC3)s2)CC1. The Morgan fingerprint density at radius 1 is 1.18 bits per heavy atom. The molecule has 0 radical (unpaired) electrons. The molecule has 6 nitrogen and oxygen atoms in total. The Kier molecular flexibility index (Phi) is 5.25. The van der Waals surface area contributed by atoms with Crippen molar-refractivity contribution in [3.8, 4) is 0 Å². The number of carbonyl (C=O) groups is 1. The van der Waals surface area contributed by atoms with Crippen molar-refractivity contribution in [2.45, 2.75) is 39.0 Å². The molecule has 1 aliphatic carbocycles.